The number of halogens is 4. The number of aliphatic carboxylic acids is 1. The fourth-order valence-corrected chi connectivity index (χ4v) is 6.02. The van der Waals surface area contributed by atoms with E-state index in [0.29, 0.717) is 42.0 Å². The van der Waals surface area contributed by atoms with Gasteiger partial charge in [-0.2, -0.15) is 17.5 Å². The van der Waals surface area contributed by atoms with Crippen LogP contribution in [0.5, 0.6) is 0 Å². The molecule has 240 valence electrons. The number of β-amino-alcohol motifs (C(OH)–C–C–N with tert-alkyl or cyclic N) is 1. The van der Waals surface area contributed by atoms with Crippen molar-refractivity contribution >= 4 is 16.0 Å². The third kappa shape index (κ3) is 10.1. The molecule has 7 nitrogen and oxygen atoms in total. The summed E-state index contributed by atoms with van der Waals surface area (Å²) in [6, 6.07) is 15.3. The molecule has 0 saturated carbocycles. The highest BCUT2D eigenvalue weighted by atomic mass is 32.2. The average Bonchev–Trinajstić information content (AvgIpc) is 2.95. The van der Waals surface area contributed by atoms with Crippen LogP contribution < -0.4 is 5.32 Å². The van der Waals surface area contributed by atoms with Gasteiger partial charge in [0.05, 0.1) is 16.6 Å². The maximum atomic E-state index is 13.9. The van der Waals surface area contributed by atoms with Gasteiger partial charge in [-0.3, -0.25) is 4.79 Å². The van der Waals surface area contributed by atoms with Crippen LogP contribution in [0.3, 0.4) is 0 Å². The van der Waals surface area contributed by atoms with Crippen molar-refractivity contribution in [2.75, 3.05) is 20.1 Å². The number of benzene rings is 3. The Bertz CT molecular complexity index is 1530. The highest BCUT2D eigenvalue weighted by Gasteiger charge is 2.34. The van der Waals surface area contributed by atoms with E-state index in [2.05, 4.69) is 5.32 Å². The van der Waals surface area contributed by atoms with E-state index >= 15 is 0 Å². The second-order valence-electron chi connectivity index (χ2n) is 11.5. The van der Waals surface area contributed by atoms with E-state index in [1.165, 1.54) is 25.2 Å². The van der Waals surface area contributed by atoms with Crippen LogP contribution in [0.15, 0.2) is 71.6 Å². The largest absolute Gasteiger partial charge is 0.481 e. The monoisotopic (exact) mass is 638 g/mol. The van der Waals surface area contributed by atoms with Crippen LogP contribution in [0, 0.1) is 5.82 Å². The van der Waals surface area contributed by atoms with Gasteiger partial charge in [0.15, 0.2) is 0 Å². The van der Waals surface area contributed by atoms with Gasteiger partial charge in [-0.15, -0.1) is 0 Å². The average molecular weight is 639 g/mol. The highest BCUT2D eigenvalue weighted by Crippen LogP contribution is 2.35. The maximum absolute atomic E-state index is 13.9. The Morgan fingerprint density at radius 1 is 0.977 bits per heavy atom. The minimum absolute atomic E-state index is 0.0224. The fourth-order valence-electron chi connectivity index (χ4n) is 4.74. The molecule has 0 fully saturated rings. The number of aliphatic hydroxyl groups is 1. The lowest BCUT2D eigenvalue weighted by atomic mass is 9.95. The molecule has 44 heavy (non-hydrogen) atoms. The number of carboxylic acids is 1. The number of hydrogen-bond acceptors (Lipinski definition) is 5. The summed E-state index contributed by atoms with van der Waals surface area (Å²) in [5.74, 6) is -1.25. The zero-order valence-corrected chi connectivity index (χ0v) is 25.7. The molecule has 3 aromatic rings. The topological polar surface area (TPSA) is 107 Å². The quantitative estimate of drug-likeness (QED) is 0.179. The molecule has 3 rings (SSSR count). The van der Waals surface area contributed by atoms with Crippen LogP contribution in [0.25, 0.3) is 11.1 Å². The molecule has 3 aromatic carbocycles. The summed E-state index contributed by atoms with van der Waals surface area (Å²) in [5, 5.41) is 22.7. The smallest absolute Gasteiger partial charge is 0.416 e. The van der Waals surface area contributed by atoms with Gasteiger partial charge in [0.2, 0.25) is 10.0 Å². The molecule has 12 heteroatoms. The van der Waals surface area contributed by atoms with Gasteiger partial charge in [0, 0.05) is 32.1 Å². The van der Waals surface area contributed by atoms with E-state index in [0.717, 1.165) is 16.4 Å². The van der Waals surface area contributed by atoms with E-state index < -0.39 is 44.3 Å². The number of rotatable bonds is 15. The van der Waals surface area contributed by atoms with E-state index in [-0.39, 0.29) is 37.3 Å². The summed E-state index contributed by atoms with van der Waals surface area (Å²) in [7, 11) is -3.24. The lowest BCUT2D eigenvalue weighted by molar-refractivity contribution is -0.138. The molecule has 0 aliphatic rings. The first kappa shape index (κ1) is 35.2. The Balaban J connectivity index is 1.69. The Morgan fingerprint density at radius 2 is 1.64 bits per heavy atom. The SMILES string of the molecule is CN(CC(O)CNC(C)(C)CCCc1ccccc1F)S(=O)(=O)c1cc(-c2ccc(CCC(=O)O)cc2)cc(C(F)(F)F)c1. The van der Waals surface area contributed by atoms with E-state index in [1.54, 1.807) is 30.3 Å². The van der Waals surface area contributed by atoms with Crippen LogP contribution in [-0.2, 0) is 33.8 Å². The number of carboxylic acid groups (broad SMARTS) is 1. The summed E-state index contributed by atoms with van der Waals surface area (Å²) in [6.45, 7) is 3.47. The van der Waals surface area contributed by atoms with E-state index in [1.807, 2.05) is 13.8 Å². The molecule has 0 heterocycles. The molecule has 0 aliphatic heterocycles. The first-order chi connectivity index (χ1) is 20.5. The number of nitrogens with one attached hydrogen (secondary N) is 1. The van der Waals surface area contributed by atoms with Crippen molar-refractivity contribution in [1.29, 1.82) is 0 Å². The molecule has 3 N–H and O–H groups in total. The van der Waals surface area contributed by atoms with Crippen molar-refractivity contribution < 1.29 is 41.0 Å². The summed E-state index contributed by atoms with van der Waals surface area (Å²) in [4.78, 5) is 10.2. The lowest BCUT2D eigenvalue weighted by Gasteiger charge is -2.29. The van der Waals surface area contributed by atoms with Crippen LogP contribution in [-0.4, -0.2) is 60.7 Å². The predicted octanol–water partition coefficient (Wildman–Crippen LogP) is 5.90. The zero-order chi connectivity index (χ0) is 32.7. The molecule has 0 radical (unpaired) electrons. The van der Waals surface area contributed by atoms with Crippen LogP contribution in [0.2, 0.25) is 0 Å². The second kappa shape index (κ2) is 14.6. The van der Waals surface area contributed by atoms with Crippen LogP contribution >= 0.6 is 0 Å². The summed E-state index contributed by atoms with van der Waals surface area (Å²) in [5.41, 5.74) is 0.0400. The number of carbonyl (C=O) groups is 1. The molecule has 0 spiro atoms. The number of nitrogens with zero attached hydrogens (tertiary/aromatic N) is 1. The maximum Gasteiger partial charge on any atom is 0.416 e. The first-order valence-electron chi connectivity index (χ1n) is 14.1. The normalized spacial score (nSPS) is 13.3. The van der Waals surface area contributed by atoms with Gasteiger partial charge in [-0.25, -0.2) is 12.8 Å². The van der Waals surface area contributed by atoms with Crippen molar-refractivity contribution in [3.8, 4) is 11.1 Å². The lowest BCUT2D eigenvalue weighted by Crippen LogP contribution is -2.46. The van der Waals surface area contributed by atoms with Crippen molar-refractivity contribution in [2.45, 2.75) is 68.7 Å². The Hall–Kier alpha value is -3.32. The van der Waals surface area contributed by atoms with Crippen LogP contribution in [0.4, 0.5) is 17.6 Å². The molecule has 0 aliphatic carbocycles. The molecule has 0 saturated heterocycles. The molecule has 1 unspecified atom stereocenters. The fraction of sp³-hybridized carbons (Fsp3) is 0.406. The third-order valence-corrected chi connectivity index (χ3v) is 9.15. The Labute approximate surface area is 255 Å². The van der Waals surface area contributed by atoms with Crippen LogP contribution in [0.1, 0.15) is 49.8 Å². The number of alkyl halides is 3. The second-order valence-corrected chi connectivity index (χ2v) is 13.5. The number of aryl methyl sites for hydroxylation is 2. The number of sulfonamides is 1. The third-order valence-electron chi connectivity index (χ3n) is 7.35. The predicted molar refractivity (Wildman–Crippen MR) is 160 cm³/mol. The van der Waals surface area contributed by atoms with Crippen molar-refractivity contribution in [2.24, 2.45) is 0 Å². The Kier molecular flexibility index (Phi) is 11.7. The molecule has 0 aromatic heterocycles. The number of hydrogen-bond donors (Lipinski definition) is 3. The molecular formula is C32H38F4N2O5S. The molecule has 0 bridgehead atoms. The minimum atomic E-state index is -4.82. The molecule has 1 atom stereocenters. The first-order valence-corrected chi connectivity index (χ1v) is 15.6. The summed E-state index contributed by atoms with van der Waals surface area (Å²) < 4.78 is 82.8. The van der Waals surface area contributed by atoms with Gasteiger partial charge in [0.25, 0.3) is 0 Å². The molecular weight excluding hydrogens is 600 g/mol. The molecule has 0 amide bonds. The summed E-state index contributed by atoms with van der Waals surface area (Å²) >= 11 is 0. The van der Waals surface area contributed by atoms with E-state index in [9.17, 15) is 35.9 Å². The minimum Gasteiger partial charge on any atom is -0.481 e. The van der Waals surface area contributed by atoms with Gasteiger partial charge < -0.3 is 15.5 Å². The zero-order valence-electron chi connectivity index (χ0n) is 24.9. The number of likely N-dealkylation sites (N-methyl/N-ethyl adjacent to an activating group) is 1. The standard InChI is InChI=1S/C32H38F4N2O5S/c1-31(2,16-6-8-24-7-4-5-9-29(24)33)37-20-27(39)21-38(3)44(42,43)28-18-25(17-26(19-28)32(34,35)36)23-13-10-22(11-14-23)12-15-30(40)41/h4-5,7,9-11,13-14,17-19,27,37,39H,6,8,12,15-16,20-21H2,1-3H3,(H,40,41). The van der Waals surface area contributed by atoms with Gasteiger partial charge >= 0.3 is 12.1 Å². The highest BCUT2D eigenvalue weighted by molar-refractivity contribution is 7.89. The van der Waals surface area contributed by atoms with Gasteiger partial charge in [0.1, 0.15) is 5.82 Å². The number of aliphatic hydroxyl groups excluding tert-OH is 1. The van der Waals surface area contributed by atoms with Crippen molar-refractivity contribution in [3.05, 3.63) is 89.2 Å². The van der Waals surface area contributed by atoms with Crippen molar-refractivity contribution in [1.82, 2.24) is 9.62 Å². The summed E-state index contributed by atoms with van der Waals surface area (Å²) in [6.07, 6.45) is -3.98. The van der Waals surface area contributed by atoms with E-state index in [4.69, 9.17) is 5.11 Å². The Morgan fingerprint density at radius 3 is 2.25 bits per heavy atom. The van der Waals surface area contributed by atoms with Gasteiger partial charge in [-0.05, 0) is 86.1 Å². The van der Waals surface area contributed by atoms with Crippen molar-refractivity contribution in [3.63, 3.8) is 0 Å². The van der Waals surface area contributed by atoms with Gasteiger partial charge in [-0.1, -0.05) is 42.5 Å².